The number of nitrogens with zero attached hydrogens (tertiary/aromatic N) is 2. The van der Waals surface area contributed by atoms with E-state index in [-0.39, 0.29) is 17.3 Å². The molecule has 1 atom stereocenters. The zero-order valence-electron chi connectivity index (χ0n) is 15.3. The number of carbonyl (C=O) groups excluding carboxylic acids is 1. The molecular weight excluding hydrogens is 344 g/mol. The van der Waals surface area contributed by atoms with Gasteiger partial charge in [-0.15, -0.1) is 4.91 Å². The highest BCUT2D eigenvalue weighted by Gasteiger charge is 2.26. The summed E-state index contributed by atoms with van der Waals surface area (Å²) in [5.41, 5.74) is 2.35. The Bertz CT molecular complexity index is 769. The lowest BCUT2D eigenvalue weighted by Crippen LogP contribution is -2.48. The van der Waals surface area contributed by atoms with Crippen molar-refractivity contribution in [3.63, 3.8) is 0 Å². The first-order valence-electron chi connectivity index (χ1n) is 9.19. The minimum atomic E-state index is -0.0313. The van der Waals surface area contributed by atoms with Crippen molar-refractivity contribution in [1.82, 2.24) is 4.90 Å². The standard InChI is InChI=1S/C21H24N2O4/c1-16(17-7-4-2-3-5-8-17)23-11-12-26-14-18(23)15-27-21-10-6-9-20(22-25)19(21)13-24/h4,6-10,13,18H,1-3,5,11-12,14-15H2/t18-/m0/s1. The first kappa shape index (κ1) is 19.0. The van der Waals surface area contributed by atoms with Crippen LogP contribution in [0.15, 0.2) is 59.5 Å². The normalized spacial score (nSPS) is 19.8. The zero-order valence-corrected chi connectivity index (χ0v) is 15.3. The van der Waals surface area contributed by atoms with Gasteiger partial charge in [0, 0.05) is 12.2 Å². The van der Waals surface area contributed by atoms with Crippen molar-refractivity contribution >= 4 is 12.0 Å². The third-order valence-corrected chi connectivity index (χ3v) is 4.83. The van der Waals surface area contributed by atoms with Crippen molar-refractivity contribution in [3.05, 3.63) is 64.7 Å². The lowest BCUT2D eigenvalue weighted by Gasteiger charge is -2.38. The molecule has 1 heterocycles. The number of aldehydes is 1. The molecule has 0 unspecified atom stereocenters. The van der Waals surface area contributed by atoms with Gasteiger partial charge in [0.05, 0.1) is 24.8 Å². The van der Waals surface area contributed by atoms with E-state index < -0.39 is 0 Å². The van der Waals surface area contributed by atoms with Gasteiger partial charge in [-0.3, -0.25) is 4.79 Å². The number of hydrogen-bond donors (Lipinski definition) is 0. The first-order valence-corrected chi connectivity index (χ1v) is 9.19. The van der Waals surface area contributed by atoms with Crippen molar-refractivity contribution in [2.45, 2.75) is 25.3 Å². The predicted molar refractivity (Wildman–Crippen MR) is 104 cm³/mol. The Hall–Kier alpha value is -2.73. The zero-order chi connectivity index (χ0) is 19.1. The van der Waals surface area contributed by atoms with Crippen LogP contribution in [0, 0.1) is 4.91 Å². The maximum atomic E-state index is 11.3. The molecule has 0 amide bonds. The molecule has 0 saturated carbocycles. The molecule has 0 radical (unpaired) electrons. The van der Waals surface area contributed by atoms with E-state index in [2.05, 4.69) is 34.9 Å². The molecule has 0 bridgehead atoms. The van der Waals surface area contributed by atoms with Gasteiger partial charge in [0.2, 0.25) is 0 Å². The fraction of sp³-hybridized carbons (Fsp3) is 0.381. The van der Waals surface area contributed by atoms with Crippen molar-refractivity contribution in [3.8, 4) is 5.75 Å². The second-order valence-corrected chi connectivity index (χ2v) is 6.57. The molecule has 1 saturated heterocycles. The Balaban J connectivity index is 1.73. The van der Waals surface area contributed by atoms with Crippen LogP contribution in [0.3, 0.4) is 0 Å². The average Bonchev–Trinajstić information content (AvgIpc) is 3.01. The van der Waals surface area contributed by atoms with E-state index in [0.717, 1.165) is 37.1 Å². The average molecular weight is 368 g/mol. The molecule has 27 heavy (non-hydrogen) atoms. The lowest BCUT2D eigenvalue weighted by atomic mass is 10.1. The van der Waals surface area contributed by atoms with Gasteiger partial charge >= 0.3 is 0 Å². The summed E-state index contributed by atoms with van der Waals surface area (Å²) in [7, 11) is 0. The quantitative estimate of drug-likeness (QED) is 0.534. The molecule has 2 aliphatic rings. The highest BCUT2D eigenvalue weighted by atomic mass is 16.5. The van der Waals surface area contributed by atoms with Gasteiger partial charge in [0.25, 0.3) is 0 Å². The maximum Gasteiger partial charge on any atom is 0.156 e. The van der Waals surface area contributed by atoms with Crippen LogP contribution in [-0.4, -0.2) is 43.6 Å². The summed E-state index contributed by atoms with van der Waals surface area (Å²) in [4.78, 5) is 24.4. The van der Waals surface area contributed by atoms with Crippen LogP contribution in [0.5, 0.6) is 5.75 Å². The van der Waals surface area contributed by atoms with Crippen LogP contribution >= 0.6 is 0 Å². The van der Waals surface area contributed by atoms with Gasteiger partial charge < -0.3 is 14.4 Å². The highest BCUT2D eigenvalue weighted by molar-refractivity contribution is 5.86. The van der Waals surface area contributed by atoms with Gasteiger partial charge in [-0.1, -0.05) is 30.9 Å². The molecule has 1 aliphatic heterocycles. The summed E-state index contributed by atoms with van der Waals surface area (Å²) in [6.45, 7) is 6.49. The molecule has 0 spiro atoms. The molecule has 142 valence electrons. The van der Waals surface area contributed by atoms with E-state index in [4.69, 9.17) is 9.47 Å². The smallest absolute Gasteiger partial charge is 0.156 e. The van der Waals surface area contributed by atoms with E-state index in [9.17, 15) is 9.70 Å². The molecule has 0 aromatic heterocycles. The molecule has 1 aromatic carbocycles. The molecular formula is C21H24N2O4. The van der Waals surface area contributed by atoms with Gasteiger partial charge in [-0.05, 0) is 42.1 Å². The SMILES string of the molecule is C=C(C1=CCCCC=C1)N1CCOC[C@H]1COc1cccc(N=O)c1C=O. The molecule has 1 aromatic rings. The summed E-state index contributed by atoms with van der Waals surface area (Å²) < 4.78 is 11.5. The van der Waals surface area contributed by atoms with Crippen LogP contribution in [-0.2, 0) is 4.74 Å². The number of rotatable bonds is 7. The van der Waals surface area contributed by atoms with E-state index in [0.29, 0.717) is 31.9 Å². The van der Waals surface area contributed by atoms with Crippen LogP contribution in [0.2, 0.25) is 0 Å². The van der Waals surface area contributed by atoms with E-state index in [1.165, 1.54) is 6.07 Å². The van der Waals surface area contributed by atoms with Gasteiger partial charge in [-0.25, -0.2) is 0 Å². The summed E-state index contributed by atoms with van der Waals surface area (Å²) >= 11 is 0. The highest BCUT2D eigenvalue weighted by Crippen LogP contribution is 2.28. The predicted octanol–water partition coefficient (Wildman–Crippen LogP) is 4.16. The lowest BCUT2D eigenvalue weighted by molar-refractivity contribution is -0.00543. The molecule has 6 nitrogen and oxygen atoms in total. The second kappa shape index (κ2) is 9.28. The van der Waals surface area contributed by atoms with Crippen molar-refractivity contribution in [1.29, 1.82) is 0 Å². The fourth-order valence-electron chi connectivity index (χ4n) is 3.34. The fourth-order valence-corrected chi connectivity index (χ4v) is 3.34. The molecule has 6 heteroatoms. The third kappa shape index (κ3) is 4.52. The third-order valence-electron chi connectivity index (χ3n) is 4.83. The van der Waals surface area contributed by atoms with Crippen molar-refractivity contribution in [2.24, 2.45) is 5.18 Å². The Kier molecular flexibility index (Phi) is 6.54. The number of nitroso groups, excluding NO2 is 1. The molecule has 0 N–H and O–H groups in total. The minimum absolute atomic E-state index is 0.0313. The topological polar surface area (TPSA) is 68.2 Å². The monoisotopic (exact) mass is 368 g/mol. The van der Waals surface area contributed by atoms with Crippen LogP contribution < -0.4 is 4.74 Å². The van der Waals surface area contributed by atoms with Gasteiger partial charge in [-0.2, -0.15) is 0 Å². The summed E-state index contributed by atoms with van der Waals surface area (Å²) in [5, 5.41) is 2.88. The summed E-state index contributed by atoms with van der Waals surface area (Å²) in [6.07, 6.45) is 10.4. The first-order chi connectivity index (χ1) is 13.2. The van der Waals surface area contributed by atoms with Gasteiger partial charge in [0.15, 0.2) is 6.29 Å². The van der Waals surface area contributed by atoms with Gasteiger partial charge in [0.1, 0.15) is 18.0 Å². The maximum absolute atomic E-state index is 11.3. The number of hydrogen-bond acceptors (Lipinski definition) is 6. The summed E-state index contributed by atoms with van der Waals surface area (Å²) in [5.74, 6) is 0.354. The van der Waals surface area contributed by atoms with Crippen LogP contribution in [0.1, 0.15) is 29.6 Å². The Morgan fingerprint density at radius 1 is 1.41 bits per heavy atom. The molecule has 1 fully saturated rings. The minimum Gasteiger partial charge on any atom is -0.491 e. The Morgan fingerprint density at radius 3 is 3.11 bits per heavy atom. The van der Waals surface area contributed by atoms with Crippen LogP contribution in [0.4, 0.5) is 5.69 Å². The number of morpholine rings is 1. The second-order valence-electron chi connectivity index (χ2n) is 6.57. The largest absolute Gasteiger partial charge is 0.491 e. The summed E-state index contributed by atoms with van der Waals surface area (Å²) in [6, 6.07) is 4.77. The number of carbonyl (C=O) groups is 1. The van der Waals surface area contributed by atoms with E-state index >= 15 is 0 Å². The van der Waals surface area contributed by atoms with Crippen LogP contribution in [0.25, 0.3) is 0 Å². The van der Waals surface area contributed by atoms with Crippen molar-refractivity contribution < 1.29 is 14.3 Å². The Labute approximate surface area is 159 Å². The number of benzene rings is 1. The number of ether oxygens (including phenoxy) is 2. The van der Waals surface area contributed by atoms with E-state index in [1.54, 1.807) is 12.1 Å². The van der Waals surface area contributed by atoms with E-state index in [1.807, 2.05) is 0 Å². The molecule has 1 aliphatic carbocycles. The molecule has 3 rings (SSSR count). The number of allylic oxidation sites excluding steroid dienone is 3. The Morgan fingerprint density at radius 2 is 2.30 bits per heavy atom. The van der Waals surface area contributed by atoms with Crippen molar-refractivity contribution in [2.75, 3.05) is 26.4 Å².